The molecule has 2 aromatic carbocycles. The Morgan fingerprint density at radius 1 is 1.12 bits per heavy atom. The van der Waals surface area contributed by atoms with Gasteiger partial charge in [0.25, 0.3) is 0 Å². The van der Waals surface area contributed by atoms with Crippen molar-refractivity contribution in [2.24, 2.45) is 0 Å². The lowest BCUT2D eigenvalue weighted by Gasteiger charge is -2.17. The summed E-state index contributed by atoms with van der Waals surface area (Å²) in [5, 5.41) is 22.7. The van der Waals surface area contributed by atoms with Crippen LogP contribution in [0.1, 0.15) is 11.1 Å². The second-order valence-electron chi connectivity index (χ2n) is 6.37. The summed E-state index contributed by atoms with van der Waals surface area (Å²) in [7, 11) is 0. The number of hydrogen-bond acceptors (Lipinski definition) is 5. The Morgan fingerprint density at radius 2 is 1.85 bits per heavy atom. The molecule has 26 heavy (non-hydrogen) atoms. The molecule has 0 saturated heterocycles. The number of aliphatic hydroxyl groups is 2. The summed E-state index contributed by atoms with van der Waals surface area (Å²) < 4.78 is 7.79. The third-order valence-corrected chi connectivity index (χ3v) is 4.27. The molecule has 3 aromatic rings. The Bertz CT molecular complexity index is 856. The number of ether oxygens (including phenoxy) is 1. The molecule has 138 valence electrons. The summed E-state index contributed by atoms with van der Waals surface area (Å²) in [6.07, 6.45) is -0.693. The van der Waals surface area contributed by atoms with E-state index in [-0.39, 0.29) is 13.2 Å². The first kappa shape index (κ1) is 18.2. The van der Waals surface area contributed by atoms with Gasteiger partial charge in [-0.25, -0.2) is 4.98 Å². The zero-order chi connectivity index (χ0) is 18.5. The number of anilines is 1. The molecule has 0 bridgehead atoms. The maximum atomic E-state index is 10.5. The Hall–Kier alpha value is -2.57. The lowest BCUT2D eigenvalue weighted by molar-refractivity contribution is 0.0932. The second-order valence-corrected chi connectivity index (χ2v) is 6.37. The van der Waals surface area contributed by atoms with Crippen LogP contribution in [0.5, 0.6) is 5.75 Å². The Kier molecular flexibility index (Phi) is 5.75. The lowest BCUT2D eigenvalue weighted by atomic mass is 10.1. The molecule has 3 rings (SSSR count). The predicted octanol–water partition coefficient (Wildman–Crippen LogP) is 2.50. The molecule has 6 nitrogen and oxygen atoms in total. The molecular formula is C20H25N3O3. The third kappa shape index (κ3) is 3.98. The number of para-hydroxylation sites is 3. The zero-order valence-corrected chi connectivity index (χ0v) is 15.1. The van der Waals surface area contributed by atoms with Gasteiger partial charge in [-0.15, -0.1) is 0 Å². The number of hydrogen-bond donors (Lipinski definition) is 3. The summed E-state index contributed by atoms with van der Waals surface area (Å²) in [6.45, 7) is 4.95. The second kappa shape index (κ2) is 8.21. The number of nitrogens with zero attached hydrogens (tertiary/aromatic N) is 2. The largest absolute Gasteiger partial charge is 0.490 e. The van der Waals surface area contributed by atoms with Crippen LogP contribution in [0.2, 0.25) is 0 Å². The predicted molar refractivity (Wildman–Crippen MR) is 103 cm³/mol. The van der Waals surface area contributed by atoms with Crippen molar-refractivity contribution in [1.82, 2.24) is 9.55 Å². The summed E-state index contributed by atoms with van der Waals surface area (Å²) in [5.74, 6) is 1.45. The van der Waals surface area contributed by atoms with Crippen LogP contribution < -0.4 is 10.1 Å². The topological polar surface area (TPSA) is 79.5 Å². The molecule has 0 radical (unpaired) electrons. The molecule has 0 saturated carbocycles. The minimum atomic E-state index is -0.693. The van der Waals surface area contributed by atoms with Gasteiger partial charge in [0.2, 0.25) is 5.95 Å². The third-order valence-electron chi connectivity index (χ3n) is 4.27. The normalized spacial score (nSPS) is 12.3. The van der Waals surface area contributed by atoms with E-state index in [1.807, 2.05) is 60.9 Å². The monoisotopic (exact) mass is 355 g/mol. The molecule has 0 aliphatic carbocycles. The van der Waals surface area contributed by atoms with Gasteiger partial charge in [-0.3, -0.25) is 0 Å². The molecule has 0 fully saturated rings. The highest BCUT2D eigenvalue weighted by atomic mass is 16.5. The van der Waals surface area contributed by atoms with Gasteiger partial charge < -0.3 is 24.8 Å². The van der Waals surface area contributed by atoms with E-state index in [2.05, 4.69) is 10.3 Å². The molecule has 3 N–H and O–H groups in total. The minimum Gasteiger partial charge on any atom is -0.490 e. The number of aromatic nitrogens is 2. The highest BCUT2D eigenvalue weighted by Crippen LogP contribution is 2.23. The van der Waals surface area contributed by atoms with Crippen LogP contribution in [-0.4, -0.2) is 45.6 Å². The van der Waals surface area contributed by atoms with Gasteiger partial charge in [0.1, 0.15) is 18.5 Å². The molecule has 0 aliphatic rings. The van der Waals surface area contributed by atoms with E-state index in [1.54, 1.807) is 0 Å². The summed E-state index contributed by atoms with van der Waals surface area (Å²) in [6, 6.07) is 13.7. The Labute approximate surface area is 153 Å². The van der Waals surface area contributed by atoms with Crippen molar-refractivity contribution in [1.29, 1.82) is 0 Å². The fraction of sp³-hybridized carbons (Fsp3) is 0.350. The molecule has 0 aliphatic heterocycles. The van der Waals surface area contributed by atoms with Crippen LogP contribution in [0.15, 0.2) is 42.5 Å². The van der Waals surface area contributed by atoms with Crippen LogP contribution >= 0.6 is 0 Å². The van der Waals surface area contributed by atoms with Crippen LogP contribution in [0.3, 0.4) is 0 Å². The van der Waals surface area contributed by atoms with E-state index in [1.165, 1.54) is 0 Å². The number of rotatable bonds is 8. The minimum absolute atomic E-state index is 0.0153. The van der Waals surface area contributed by atoms with Crippen molar-refractivity contribution in [3.05, 3.63) is 53.6 Å². The molecule has 1 atom stereocenters. The van der Waals surface area contributed by atoms with E-state index in [0.29, 0.717) is 19.0 Å². The molecule has 1 heterocycles. The van der Waals surface area contributed by atoms with Gasteiger partial charge in [-0.1, -0.05) is 30.3 Å². The lowest BCUT2D eigenvalue weighted by Crippen LogP contribution is -2.25. The Balaban J connectivity index is 1.75. The van der Waals surface area contributed by atoms with Gasteiger partial charge in [-0.2, -0.15) is 0 Å². The zero-order valence-electron chi connectivity index (χ0n) is 15.1. The quantitative estimate of drug-likeness (QED) is 0.579. The molecule has 0 amide bonds. The average molecular weight is 355 g/mol. The first-order valence-electron chi connectivity index (χ1n) is 8.77. The maximum absolute atomic E-state index is 10.5. The van der Waals surface area contributed by atoms with Crippen molar-refractivity contribution in [2.75, 3.05) is 25.1 Å². The summed E-state index contributed by atoms with van der Waals surface area (Å²) in [5.41, 5.74) is 3.88. The van der Waals surface area contributed by atoms with Gasteiger partial charge in [0, 0.05) is 6.54 Å². The number of aryl methyl sites for hydroxylation is 2. The summed E-state index contributed by atoms with van der Waals surface area (Å²) in [4.78, 5) is 4.54. The van der Waals surface area contributed by atoms with Crippen molar-refractivity contribution in [3.8, 4) is 5.75 Å². The van der Waals surface area contributed by atoms with Crippen LogP contribution in [-0.2, 0) is 6.54 Å². The number of fused-ring (bicyclic) bond motifs is 1. The molecule has 0 unspecified atom stereocenters. The first-order chi connectivity index (χ1) is 12.6. The van der Waals surface area contributed by atoms with Crippen molar-refractivity contribution >= 4 is 17.0 Å². The first-order valence-corrected chi connectivity index (χ1v) is 8.77. The fourth-order valence-corrected chi connectivity index (χ4v) is 3.03. The van der Waals surface area contributed by atoms with E-state index < -0.39 is 6.10 Å². The standard InChI is InChI=1S/C20H25N3O3/c1-14-6-5-7-15(2)19(14)26-13-16(25)12-23-18-9-4-3-8-17(18)22-20(23)21-10-11-24/h3-9,16,24-25H,10-13H2,1-2H3,(H,21,22)/t16-/m0/s1. The number of nitrogens with one attached hydrogen (secondary N) is 1. The van der Waals surface area contributed by atoms with E-state index >= 15 is 0 Å². The molecule has 6 heteroatoms. The highest BCUT2D eigenvalue weighted by molar-refractivity contribution is 5.78. The van der Waals surface area contributed by atoms with Crippen LogP contribution in [0.25, 0.3) is 11.0 Å². The average Bonchev–Trinajstić information content (AvgIpc) is 2.97. The van der Waals surface area contributed by atoms with Gasteiger partial charge in [-0.05, 0) is 37.1 Å². The number of aliphatic hydroxyl groups excluding tert-OH is 2. The van der Waals surface area contributed by atoms with Crippen LogP contribution in [0, 0.1) is 13.8 Å². The highest BCUT2D eigenvalue weighted by Gasteiger charge is 2.15. The summed E-state index contributed by atoms with van der Waals surface area (Å²) >= 11 is 0. The molecule has 1 aromatic heterocycles. The van der Waals surface area contributed by atoms with E-state index in [0.717, 1.165) is 27.9 Å². The van der Waals surface area contributed by atoms with Crippen molar-refractivity contribution in [3.63, 3.8) is 0 Å². The van der Waals surface area contributed by atoms with Gasteiger partial charge in [0.15, 0.2) is 0 Å². The van der Waals surface area contributed by atoms with Gasteiger partial charge in [0.05, 0.1) is 24.2 Å². The molecular weight excluding hydrogens is 330 g/mol. The maximum Gasteiger partial charge on any atom is 0.204 e. The smallest absolute Gasteiger partial charge is 0.204 e. The van der Waals surface area contributed by atoms with E-state index in [4.69, 9.17) is 9.84 Å². The number of imidazole rings is 1. The number of benzene rings is 2. The SMILES string of the molecule is Cc1cccc(C)c1OC[C@@H](O)Cn1c(NCCO)nc2ccccc21. The molecule has 0 spiro atoms. The van der Waals surface area contributed by atoms with Crippen molar-refractivity contribution < 1.29 is 14.9 Å². The van der Waals surface area contributed by atoms with Gasteiger partial charge >= 0.3 is 0 Å². The van der Waals surface area contributed by atoms with E-state index in [9.17, 15) is 5.11 Å². The van der Waals surface area contributed by atoms with Crippen molar-refractivity contribution in [2.45, 2.75) is 26.5 Å². The Morgan fingerprint density at radius 3 is 2.58 bits per heavy atom. The van der Waals surface area contributed by atoms with Crippen LogP contribution in [0.4, 0.5) is 5.95 Å². The fourth-order valence-electron chi connectivity index (χ4n) is 3.03.